The summed E-state index contributed by atoms with van der Waals surface area (Å²) in [4.78, 5) is 17.7. The van der Waals surface area contributed by atoms with Gasteiger partial charge < -0.3 is 14.4 Å². The van der Waals surface area contributed by atoms with E-state index in [1.165, 1.54) is 0 Å². The number of aromatic nitrogens is 3. The lowest BCUT2D eigenvalue weighted by Gasteiger charge is -2.05. The largest absolute Gasteiger partial charge is 0.350 e. The van der Waals surface area contributed by atoms with Gasteiger partial charge in [0.1, 0.15) is 5.69 Å². The molecule has 0 bridgehead atoms. The molecule has 4 rings (SSSR count). The van der Waals surface area contributed by atoms with Crippen LogP contribution in [0.15, 0.2) is 87.6 Å². The Balaban J connectivity index is 1.42. The van der Waals surface area contributed by atoms with Gasteiger partial charge in [0, 0.05) is 41.7 Å². The van der Waals surface area contributed by atoms with Crippen LogP contribution in [0.2, 0.25) is 0 Å². The minimum Gasteiger partial charge on any atom is -0.350 e. The van der Waals surface area contributed by atoms with Crippen molar-refractivity contribution in [3.63, 3.8) is 0 Å². The number of benzene rings is 2. The van der Waals surface area contributed by atoms with Crippen LogP contribution in [0.1, 0.15) is 10.6 Å². The Hall–Kier alpha value is -3.32. The van der Waals surface area contributed by atoms with E-state index in [-0.39, 0.29) is 11.7 Å². The van der Waals surface area contributed by atoms with Gasteiger partial charge in [0.25, 0.3) is 5.91 Å². The highest BCUT2D eigenvalue weighted by atomic mass is 32.2. The first-order valence-electron chi connectivity index (χ1n) is 8.28. The maximum absolute atomic E-state index is 12.4. The van der Waals surface area contributed by atoms with Crippen molar-refractivity contribution in [3.05, 3.63) is 78.8 Å². The monoisotopic (exact) mass is 376 g/mol. The predicted octanol–water partition coefficient (Wildman–Crippen LogP) is 4.48. The first-order chi connectivity index (χ1) is 13.2. The summed E-state index contributed by atoms with van der Waals surface area (Å²) in [6.45, 7) is 0. The molecule has 0 aliphatic heterocycles. The smallest absolute Gasteiger partial charge is 0.294 e. The first kappa shape index (κ1) is 17.1. The van der Waals surface area contributed by atoms with Crippen LogP contribution in [-0.2, 0) is 7.05 Å². The van der Waals surface area contributed by atoms with Gasteiger partial charge in [-0.25, -0.2) is 4.98 Å². The fourth-order valence-electron chi connectivity index (χ4n) is 2.48. The first-order valence-corrected chi connectivity index (χ1v) is 9.09. The zero-order valence-corrected chi connectivity index (χ0v) is 15.3. The average Bonchev–Trinajstić information content (AvgIpc) is 3.34. The van der Waals surface area contributed by atoms with Crippen LogP contribution in [0.3, 0.4) is 0 Å². The van der Waals surface area contributed by atoms with Gasteiger partial charge in [0.2, 0.25) is 5.76 Å². The second kappa shape index (κ2) is 7.51. The molecule has 27 heavy (non-hydrogen) atoms. The Morgan fingerprint density at radius 1 is 1.11 bits per heavy atom. The number of carbonyl (C=O) groups is 1. The summed E-state index contributed by atoms with van der Waals surface area (Å²) in [5, 5.41) is 7.69. The summed E-state index contributed by atoms with van der Waals surface area (Å²) in [5.41, 5.74) is 2.21. The Morgan fingerprint density at radius 2 is 1.89 bits per heavy atom. The van der Waals surface area contributed by atoms with E-state index >= 15 is 0 Å². The fraction of sp³-hybridized carbons (Fsp3) is 0.0500. The molecule has 0 aliphatic carbocycles. The van der Waals surface area contributed by atoms with Crippen LogP contribution < -0.4 is 5.32 Å². The normalized spacial score (nSPS) is 10.7. The van der Waals surface area contributed by atoms with Crippen molar-refractivity contribution < 1.29 is 9.32 Å². The minimum absolute atomic E-state index is 0.167. The zero-order chi connectivity index (χ0) is 18.6. The molecule has 0 radical (unpaired) electrons. The minimum atomic E-state index is -0.339. The van der Waals surface area contributed by atoms with Crippen molar-refractivity contribution >= 4 is 23.4 Å². The van der Waals surface area contributed by atoms with Gasteiger partial charge in [0.15, 0.2) is 5.16 Å². The van der Waals surface area contributed by atoms with Gasteiger partial charge >= 0.3 is 0 Å². The molecule has 2 aromatic carbocycles. The molecule has 7 heteroatoms. The third-order valence-electron chi connectivity index (χ3n) is 3.90. The molecule has 0 aliphatic rings. The third-order valence-corrected chi connectivity index (χ3v) is 4.99. The molecule has 2 heterocycles. The number of carbonyl (C=O) groups excluding carboxylic acids is 1. The Kier molecular flexibility index (Phi) is 4.76. The topological polar surface area (TPSA) is 73.0 Å². The molecule has 0 saturated heterocycles. The summed E-state index contributed by atoms with van der Waals surface area (Å²) in [7, 11) is 1.95. The Bertz CT molecular complexity index is 1060. The third kappa shape index (κ3) is 3.93. The van der Waals surface area contributed by atoms with Gasteiger partial charge in [-0.1, -0.05) is 47.3 Å². The van der Waals surface area contributed by atoms with Gasteiger partial charge in [-0.05, 0) is 24.3 Å². The van der Waals surface area contributed by atoms with Crippen molar-refractivity contribution in [1.82, 2.24) is 14.7 Å². The van der Waals surface area contributed by atoms with E-state index in [4.69, 9.17) is 4.52 Å². The number of imidazole rings is 1. The number of anilines is 1. The number of nitrogens with one attached hydrogen (secondary N) is 1. The van der Waals surface area contributed by atoms with Crippen molar-refractivity contribution in [2.75, 3.05) is 5.32 Å². The van der Waals surface area contributed by atoms with Crippen molar-refractivity contribution in [3.8, 4) is 11.3 Å². The van der Waals surface area contributed by atoms with Gasteiger partial charge in [0.05, 0.1) is 0 Å². The number of nitrogens with zero attached hydrogens (tertiary/aromatic N) is 3. The fourth-order valence-corrected chi connectivity index (χ4v) is 3.28. The maximum Gasteiger partial charge on any atom is 0.294 e. The van der Waals surface area contributed by atoms with E-state index in [2.05, 4.69) is 15.5 Å². The van der Waals surface area contributed by atoms with Crippen LogP contribution in [0.4, 0.5) is 5.69 Å². The molecule has 0 spiro atoms. The summed E-state index contributed by atoms with van der Waals surface area (Å²) >= 11 is 1.56. The standard InChI is InChI=1S/C20H16N4O2S/c1-24-12-11-21-20(24)27-16-9-7-15(8-10-16)22-19(25)18-13-17(23-26-18)14-5-3-2-4-6-14/h2-13H,1H3,(H,22,25). The zero-order valence-electron chi connectivity index (χ0n) is 14.5. The molecule has 1 amide bonds. The second-order valence-electron chi connectivity index (χ2n) is 5.84. The quantitative estimate of drug-likeness (QED) is 0.556. The molecule has 0 saturated carbocycles. The van der Waals surface area contributed by atoms with Crippen molar-refractivity contribution in [1.29, 1.82) is 0 Å². The second-order valence-corrected chi connectivity index (χ2v) is 6.88. The van der Waals surface area contributed by atoms with E-state index < -0.39 is 0 Å². The van der Waals surface area contributed by atoms with Crippen molar-refractivity contribution in [2.45, 2.75) is 10.1 Å². The molecule has 0 unspecified atom stereocenters. The highest BCUT2D eigenvalue weighted by molar-refractivity contribution is 7.99. The highest BCUT2D eigenvalue weighted by Crippen LogP contribution is 2.27. The lowest BCUT2D eigenvalue weighted by Crippen LogP contribution is -2.10. The molecule has 2 aromatic heterocycles. The number of hydrogen-bond donors (Lipinski definition) is 1. The van der Waals surface area contributed by atoms with Crippen molar-refractivity contribution in [2.24, 2.45) is 7.05 Å². The van der Waals surface area contributed by atoms with Gasteiger partial charge in [-0.2, -0.15) is 0 Å². The van der Waals surface area contributed by atoms with Crippen LogP contribution in [-0.4, -0.2) is 20.6 Å². The number of rotatable bonds is 5. The van der Waals surface area contributed by atoms with Gasteiger partial charge in [-0.3, -0.25) is 4.79 Å². The van der Waals surface area contributed by atoms with E-state index in [0.29, 0.717) is 11.4 Å². The molecule has 0 fully saturated rings. The Morgan fingerprint density at radius 3 is 2.59 bits per heavy atom. The summed E-state index contributed by atoms with van der Waals surface area (Å²) in [6.07, 6.45) is 3.66. The maximum atomic E-state index is 12.4. The van der Waals surface area contributed by atoms with E-state index in [0.717, 1.165) is 15.6 Å². The average molecular weight is 376 g/mol. The van der Waals surface area contributed by atoms with E-state index in [1.54, 1.807) is 24.0 Å². The molecule has 134 valence electrons. The lowest BCUT2D eigenvalue weighted by atomic mass is 10.1. The van der Waals surface area contributed by atoms with Crippen LogP contribution >= 0.6 is 11.8 Å². The number of aryl methyl sites for hydroxylation is 1. The molecular formula is C20H16N4O2S. The van der Waals surface area contributed by atoms with E-state index in [9.17, 15) is 4.79 Å². The van der Waals surface area contributed by atoms with E-state index in [1.807, 2.05) is 72.4 Å². The summed E-state index contributed by atoms with van der Waals surface area (Å²) in [5.74, 6) is -0.172. The predicted molar refractivity (Wildman–Crippen MR) is 104 cm³/mol. The SMILES string of the molecule is Cn1ccnc1Sc1ccc(NC(=O)c2cc(-c3ccccc3)no2)cc1. The molecule has 4 aromatic rings. The Labute approximate surface area is 160 Å². The number of hydrogen-bond acceptors (Lipinski definition) is 5. The van der Waals surface area contributed by atoms with Crippen LogP contribution in [0, 0.1) is 0 Å². The summed E-state index contributed by atoms with van der Waals surface area (Å²) < 4.78 is 7.14. The lowest BCUT2D eigenvalue weighted by molar-refractivity contribution is 0.0988. The molecule has 6 nitrogen and oxygen atoms in total. The molecule has 1 N–H and O–H groups in total. The number of amides is 1. The van der Waals surface area contributed by atoms with Gasteiger partial charge in [-0.15, -0.1) is 0 Å². The highest BCUT2D eigenvalue weighted by Gasteiger charge is 2.14. The molecule has 0 atom stereocenters. The summed E-state index contributed by atoms with van der Waals surface area (Å²) in [6, 6.07) is 18.8. The van der Waals surface area contributed by atoms with Crippen LogP contribution in [0.5, 0.6) is 0 Å². The van der Waals surface area contributed by atoms with Crippen LogP contribution in [0.25, 0.3) is 11.3 Å². The molecular weight excluding hydrogens is 360 g/mol.